The molecule has 0 saturated carbocycles. The lowest BCUT2D eigenvalue weighted by Crippen LogP contribution is -2.37. The van der Waals surface area contributed by atoms with Crippen LogP contribution in [0.2, 0.25) is 5.02 Å². The van der Waals surface area contributed by atoms with Crippen LogP contribution < -0.4 is 4.31 Å². The van der Waals surface area contributed by atoms with E-state index < -0.39 is 15.9 Å². The third-order valence-electron chi connectivity index (χ3n) is 4.82. The van der Waals surface area contributed by atoms with Crippen LogP contribution in [0.4, 0.5) is 5.69 Å². The highest BCUT2D eigenvalue weighted by molar-refractivity contribution is 7.93. The van der Waals surface area contributed by atoms with Gasteiger partial charge < -0.3 is 0 Å². The van der Waals surface area contributed by atoms with Gasteiger partial charge in [0.1, 0.15) is 0 Å². The Hall–Kier alpha value is -2.63. The molecule has 1 amide bonds. The van der Waals surface area contributed by atoms with Crippen LogP contribution in [-0.4, -0.2) is 14.3 Å². The van der Waals surface area contributed by atoms with Crippen LogP contribution in [0.1, 0.15) is 41.3 Å². The Labute approximate surface area is 183 Å². The van der Waals surface area contributed by atoms with Crippen LogP contribution in [0.15, 0.2) is 77.7 Å². The lowest BCUT2D eigenvalue weighted by Gasteiger charge is -2.23. The summed E-state index contributed by atoms with van der Waals surface area (Å²) in [6, 6.07) is 19.8. The minimum absolute atomic E-state index is 0.00224. The molecule has 3 aromatic rings. The molecular weight excluding hydrogens is 418 g/mol. The molecule has 30 heavy (non-hydrogen) atoms. The van der Waals surface area contributed by atoms with E-state index in [9.17, 15) is 13.2 Å². The molecule has 0 bridgehead atoms. The molecule has 3 rings (SSSR count). The summed E-state index contributed by atoms with van der Waals surface area (Å²) in [6.07, 6.45) is 3.03. The van der Waals surface area contributed by atoms with E-state index in [4.69, 9.17) is 11.6 Å². The molecular formula is C24H24ClNO3S. The highest BCUT2D eigenvalue weighted by Crippen LogP contribution is 2.27. The molecule has 0 spiro atoms. The lowest BCUT2D eigenvalue weighted by molar-refractivity contribution is 0.101. The summed E-state index contributed by atoms with van der Waals surface area (Å²) in [7, 11) is -4.13. The van der Waals surface area contributed by atoms with E-state index in [1.807, 2.05) is 19.1 Å². The molecule has 6 heteroatoms. The van der Waals surface area contributed by atoms with Gasteiger partial charge in [-0.15, -0.1) is 0 Å². The number of rotatable bonds is 7. The molecule has 0 unspecified atom stereocenters. The number of hydrogen-bond acceptors (Lipinski definition) is 3. The van der Waals surface area contributed by atoms with Crippen molar-refractivity contribution in [3.8, 4) is 0 Å². The molecule has 0 N–H and O–H groups in total. The number of hydrogen-bond donors (Lipinski definition) is 0. The molecule has 0 aliphatic heterocycles. The van der Waals surface area contributed by atoms with Gasteiger partial charge in [-0.1, -0.05) is 54.8 Å². The molecule has 0 heterocycles. The van der Waals surface area contributed by atoms with Gasteiger partial charge in [0.05, 0.1) is 10.6 Å². The number of anilines is 1. The summed E-state index contributed by atoms with van der Waals surface area (Å²) in [4.78, 5) is 13.3. The monoisotopic (exact) mass is 441 g/mol. The Morgan fingerprint density at radius 2 is 1.50 bits per heavy atom. The number of halogens is 1. The van der Waals surface area contributed by atoms with Crippen LogP contribution in [0, 0.1) is 6.92 Å². The number of sulfonamides is 1. The Morgan fingerprint density at radius 1 is 0.900 bits per heavy atom. The standard InChI is InChI=1S/C24H24ClNO3S/c1-3-4-5-19-8-14-22(15-9-19)26(24(27)20-10-6-18(2)7-11-20)30(28,29)23-16-12-21(25)13-17-23/h6-17H,3-5H2,1-2H3. The topological polar surface area (TPSA) is 54.5 Å². The first kappa shape index (κ1) is 22.1. The number of benzene rings is 3. The second-order valence-electron chi connectivity index (χ2n) is 7.16. The molecule has 0 radical (unpaired) electrons. The Morgan fingerprint density at radius 3 is 2.07 bits per heavy atom. The Bertz CT molecular complexity index is 1110. The average Bonchev–Trinajstić information content (AvgIpc) is 2.74. The van der Waals surface area contributed by atoms with E-state index in [-0.39, 0.29) is 4.90 Å². The smallest absolute Gasteiger partial charge is 0.268 e. The highest BCUT2D eigenvalue weighted by Gasteiger charge is 2.31. The molecule has 0 fully saturated rings. The molecule has 0 saturated heterocycles. The van der Waals surface area contributed by atoms with Crippen LogP contribution in [0.25, 0.3) is 0 Å². The van der Waals surface area contributed by atoms with Gasteiger partial charge in [0.2, 0.25) is 0 Å². The van der Waals surface area contributed by atoms with Gasteiger partial charge in [-0.05, 0) is 73.9 Å². The average molecular weight is 442 g/mol. The summed E-state index contributed by atoms with van der Waals surface area (Å²) in [5.41, 5.74) is 2.69. The Balaban J connectivity index is 2.07. The third-order valence-corrected chi connectivity index (χ3v) is 6.80. The quantitative estimate of drug-likeness (QED) is 0.450. The molecule has 3 aromatic carbocycles. The summed E-state index contributed by atoms with van der Waals surface area (Å²) in [5.74, 6) is -0.605. The molecule has 0 aliphatic rings. The van der Waals surface area contributed by atoms with E-state index in [2.05, 4.69) is 6.92 Å². The maximum atomic E-state index is 13.4. The van der Waals surface area contributed by atoms with E-state index >= 15 is 0 Å². The lowest BCUT2D eigenvalue weighted by atomic mass is 10.1. The first-order chi connectivity index (χ1) is 14.3. The largest absolute Gasteiger partial charge is 0.272 e. The number of carbonyl (C=O) groups excluding carboxylic acids is 1. The number of carbonyl (C=O) groups is 1. The van der Waals surface area contributed by atoms with E-state index in [1.165, 1.54) is 24.3 Å². The minimum Gasteiger partial charge on any atom is -0.268 e. The van der Waals surface area contributed by atoms with Crippen molar-refractivity contribution >= 4 is 33.2 Å². The first-order valence-corrected chi connectivity index (χ1v) is 11.7. The van der Waals surface area contributed by atoms with Gasteiger partial charge in [-0.2, -0.15) is 4.31 Å². The SMILES string of the molecule is CCCCc1ccc(N(C(=O)c2ccc(C)cc2)S(=O)(=O)c2ccc(Cl)cc2)cc1. The van der Waals surface area contributed by atoms with Gasteiger partial charge in [0.25, 0.3) is 15.9 Å². The van der Waals surface area contributed by atoms with Gasteiger partial charge in [-0.25, -0.2) is 8.42 Å². The maximum absolute atomic E-state index is 13.4. The molecule has 4 nitrogen and oxygen atoms in total. The van der Waals surface area contributed by atoms with Crippen molar-refractivity contribution in [3.05, 3.63) is 94.5 Å². The molecule has 0 atom stereocenters. The third kappa shape index (κ3) is 4.91. The number of aryl methyl sites for hydroxylation is 2. The van der Waals surface area contributed by atoms with Crippen LogP contribution in [0.3, 0.4) is 0 Å². The fourth-order valence-electron chi connectivity index (χ4n) is 3.07. The zero-order chi connectivity index (χ0) is 21.7. The zero-order valence-corrected chi connectivity index (χ0v) is 18.6. The molecule has 0 aromatic heterocycles. The van der Waals surface area contributed by atoms with Gasteiger partial charge in [-0.3, -0.25) is 4.79 Å². The van der Waals surface area contributed by atoms with Crippen molar-refractivity contribution in [2.24, 2.45) is 0 Å². The first-order valence-electron chi connectivity index (χ1n) is 9.84. The Kier molecular flexibility index (Phi) is 6.95. The van der Waals surface area contributed by atoms with E-state index in [0.717, 1.165) is 34.7 Å². The number of amides is 1. The van der Waals surface area contributed by atoms with Crippen molar-refractivity contribution in [2.45, 2.75) is 38.0 Å². The van der Waals surface area contributed by atoms with Gasteiger partial charge in [0, 0.05) is 10.6 Å². The second kappa shape index (κ2) is 9.45. The molecule has 0 aliphatic carbocycles. The highest BCUT2D eigenvalue weighted by atomic mass is 35.5. The van der Waals surface area contributed by atoms with E-state index in [1.54, 1.807) is 36.4 Å². The summed E-state index contributed by atoms with van der Waals surface area (Å²) in [5, 5.41) is 0.422. The van der Waals surface area contributed by atoms with Crippen molar-refractivity contribution in [1.82, 2.24) is 0 Å². The fraction of sp³-hybridized carbons (Fsp3) is 0.208. The van der Waals surface area contributed by atoms with Gasteiger partial charge in [0.15, 0.2) is 0 Å². The van der Waals surface area contributed by atoms with Crippen molar-refractivity contribution in [2.75, 3.05) is 4.31 Å². The van der Waals surface area contributed by atoms with Crippen molar-refractivity contribution in [1.29, 1.82) is 0 Å². The van der Waals surface area contributed by atoms with Crippen LogP contribution in [0.5, 0.6) is 0 Å². The molecule has 156 valence electrons. The van der Waals surface area contributed by atoms with Crippen molar-refractivity contribution < 1.29 is 13.2 Å². The predicted octanol–water partition coefficient (Wildman–Crippen LogP) is 6.03. The maximum Gasteiger partial charge on any atom is 0.272 e. The van der Waals surface area contributed by atoms with Crippen molar-refractivity contribution in [3.63, 3.8) is 0 Å². The summed E-state index contributed by atoms with van der Waals surface area (Å²) >= 11 is 5.92. The fourth-order valence-corrected chi connectivity index (χ4v) is 4.61. The normalized spacial score (nSPS) is 11.3. The van der Waals surface area contributed by atoms with Gasteiger partial charge >= 0.3 is 0 Å². The summed E-state index contributed by atoms with van der Waals surface area (Å²) < 4.78 is 27.8. The predicted molar refractivity (Wildman–Crippen MR) is 122 cm³/mol. The number of unbranched alkanes of at least 4 members (excludes halogenated alkanes) is 1. The van der Waals surface area contributed by atoms with Crippen LogP contribution in [-0.2, 0) is 16.4 Å². The second-order valence-corrected chi connectivity index (χ2v) is 9.39. The zero-order valence-electron chi connectivity index (χ0n) is 17.0. The number of nitrogens with zero attached hydrogens (tertiary/aromatic N) is 1. The van der Waals surface area contributed by atoms with Crippen LogP contribution >= 0.6 is 11.6 Å². The minimum atomic E-state index is -4.13. The van der Waals surface area contributed by atoms with E-state index in [0.29, 0.717) is 16.3 Å². The summed E-state index contributed by atoms with van der Waals surface area (Å²) in [6.45, 7) is 4.03.